The molecule has 2 aromatic rings. The Labute approximate surface area is 112 Å². The SMILES string of the molecule is Cc1ccc(S(=O)(=O)Nc2ccc(C)nc2)c(N)c1. The lowest BCUT2D eigenvalue weighted by Crippen LogP contribution is -2.15. The molecule has 1 heterocycles. The van der Waals surface area contributed by atoms with E-state index in [2.05, 4.69) is 9.71 Å². The average molecular weight is 277 g/mol. The van der Waals surface area contributed by atoms with Gasteiger partial charge in [0, 0.05) is 5.69 Å². The second kappa shape index (κ2) is 4.89. The Bertz CT molecular complexity index is 694. The van der Waals surface area contributed by atoms with E-state index in [9.17, 15) is 8.42 Å². The summed E-state index contributed by atoms with van der Waals surface area (Å²) in [7, 11) is -3.69. The second-order valence-electron chi connectivity index (χ2n) is 4.34. The molecule has 0 spiro atoms. The van der Waals surface area contributed by atoms with E-state index in [-0.39, 0.29) is 10.6 Å². The number of rotatable bonds is 3. The highest BCUT2D eigenvalue weighted by Crippen LogP contribution is 2.22. The fourth-order valence-electron chi connectivity index (χ4n) is 1.65. The fraction of sp³-hybridized carbons (Fsp3) is 0.154. The quantitative estimate of drug-likeness (QED) is 0.841. The summed E-state index contributed by atoms with van der Waals surface area (Å²) in [5.74, 6) is 0. The molecule has 6 heteroatoms. The van der Waals surface area contributed by atoms with Gasteiger partial charge in [-0.3, -0.25) is 9.71 Å². The van der Waals surface area contributed by atoms with Gasteiger partial charge in [0.2, 0.25) is 0 Å². The van der Waals surface area contributed by atoms with E-state index in [0.29, 0.717) is 5.69 Å². The van der Waals surface area contributed by atoms with Crippen molar-refractivity contribution in [3.05, 3.63) is 47.8 Å². The normalized spacial score (nSPS) is 11.3. The van der Waals surface area contributed by atoms with Gasteiger partial charge in [-0.25, -0.2) is 8.42 Å². The molecule has 0 aliphatic carbocycles. The highest BCUT2D eigenvalue weighted by molar-refractivity contribution is 7.92. The zero-order valence-corrected chi connectivity index (χ0v) is 11.5. The van der Waals surface area contributed by atoms with E-state index in [1.54, 1.807) is 24.3 Å². The maximum atomic E-state index is 12.2. The van der Waals surface area contributed by atoms with Crippen LogP contribution in [0.5, 0.6) is 0 Å². The van der Waals surface area contributed by atoms with Crippen molar-refractivity contribution >= 4 is 21.4 Å². The maximum Gasteiger partial charge on any atom is 0.263 e. The van der Waals surface area contributed by atoms with Crippen molar-refractivity contribution in [1.29, 1.82) is 0 Å². The number of aromatic nitrogens is 1. The van der Waals surface area contributed by atoms with Gasteiger partial charge in [-0.05, 0) is 43.7 Å². The Morgan fingerprint density at radius 3 is 2.47 bits per heavy atom. The fourth-order valence-corrected chi connectivity index (χ4v) is 2.81. The van der Waals surface area contributed by atoms with E-state index >= 15 is 0 Å². The number of nitrogen functional groups attached to an aromatic ring is 1. The number of anilines is 2. The third-order valence-corrected chi connectivity index (χ3v) is 4.07. The van der Waals surface area contributed by atoms with Crippen molar-refractivity contribution in [2.24, 2.45) is 0 Å². The second-order valence-corrected chi connectivity index (χ2v) is 5.99. The average Bonchev–Trinajstić information content (AvgIpc) is 2.31. The number of hydrogen-bond acceptors (Lipinski definition) is 4. The maximum absolute atomic E-state index is 12.2. The van der Waals surface area contributed by atoms with Crippen LogP contribution in [0.15, 0.2) is 41.4 Å². The molecule has 1 aromatic carbocycles. The summed E-state index contributed by atoms with van der Waals surface area (Å²) in [5.41, 5.74) is 8.12. The molecule has 0 aliphatic heterocycles. The first-order valence-corrected chi connectivity index (χ1v) is 7.18. The first-order chi connectivity index (χ1) is 8.88. The van der Waals surface area contributed by atoms with Crippen LogP contribution in [0.3, 0.4) is 0 Å². The number of nitrogens with zero attached hydrogens (tertiary/aromatic N) is 1. The van der Waals surface area contributed by atoms with Crippen LogP contribution in [-0.2, 0) is 10.0 Å². The van der Waals surface area contributed by atoms with Crippen molar-refractivity contribution in [3.8, 4) is 0 Å². The largest absolute Gasteiger partial charge is 0.398 e. The molecule has 100 valence electrons. The van der Waals surface area contributed by atoms with Gasteiger partial charge in [0.25, 0.3) is 10.0 Å². The molecule has 0 atom stereocenters. The van der Waals surface area contributed by atoms with Crippen LogP contribution >= 0.6 is 0 Å². The zero-order valence-electron chi connectivity index (χ0n) is 10.7. The van der Waals surface area contributed by atoms with Crippen LogP contribution in [0.2, 0.25) is 0 Å². The lowest BCUT2D eigenvalue weighted by Gasteiger charge is -2.10. The van der Waals surface area contributed by atoms with Crippen LogP contribution < -0.4 is 10.5 Å². The van der Waals surface area contributed by atoms with Gasteiger partial charge >= 0.3 is 0 Å². The highest BCUT2D eigenvalue weighted by atomic mass is 32.2. The Morgan fingerprint density at radius 1 is 1.16 bits per heavy atom. The molecule has 0 bridgehead atoms. The van der Waals surface area contributed by atoms with E-state index in [1.165, 1.54) is 12.3 Å². The van der Waals surface area contributed by atoms with Crippen molar-refractivity contribution in [2.75, 3.05) is 10.5 Å². The monoisotopic (exact) mass is 277 g/mol. The van der Waals surface area contributed by atoms with Gasteiger partial charge in [0.15, 0.2) is 0 Å². The molecule has 0 amide bonds. The van der Waals surface area contributed by atoms with E-state index in [1.807, 2.05) is 13.8 Å². The minimum Gasteiger partial charge on any atom is -0.398 e. The molecule has 5 nitrogen and oxygen atoms in total. The molecule has 0 saturated carbocycles. The molecule has 0 fully saturated rings. The number of nitrogens with one attached hydrogen (secondary N) is 1. The van der Waals surface area contributed by atoms with Crippen molar-refractivity contribution in [2.45, 2.75) is 18.7 Å². The van der Waals surface area contributed by atoms with Crippen LogP contribution in [0.25, 0.3) is 0 Å². The lowest BCUT2D eigenvalue weighted by atomic mass is 10.2. The summed E-state index contributed by atoms with van der Waals surface area (Å²) in [4.78, 5) is 4.10. The summed E-state index contributed by atoms with van der Waals surface area (Å²) < 4.78 is 26.9. The van der Waals surface area contributed by atoms with Gasteiger partial charge in [-0.2, -0.15) is 0 Å². The molecule has 3 N–H and O–H groups in total. The molecular weight excluding hydrogens is 262 g/mol. The Balaban J connectivity index is 2.35. The Morgan fingerprint density at radius 2 is 1.89 bits per heavy atom. The predicted octanol–water partition coefficient (Wildman–Crippen LogP) is 2.08. The first-order valence-electron chi connectivity index (χ1n) is 5.70. The van der Waals surface area contributed by atoms with Crippen LogP contribution in [0.1, 0.15) is 11.3 Å². The minimum atomic E-state index is -3.69. The van der Waals surface area contributed by atoms with Crippen LogP contribution in [0.4, 0.5) is 11.4 Å². The van der Waals surface area contributed by atoms with Crippen molar-refractivity contribution < 1.29 is 8.42 Å². The van der Waals surface area contributed by atoms with Gasteiger partial charge in [-0.15, -0.1) is 0 Å². The Hall–Kier alpha value is -2.08. The standard InChI is InChI=1S/C13H15N3O2S/c1-9-3-6-13(12(14)7-9)19(17,18)16-11-5-4-10(2)15-8-11/h3-8,16H,14H2,1-2H3. The summed E-state index contributed by atoms with van der Waals surface area (Å²) in [6.45, 7) is 3.68. The van der Waals surface area contributed by atoms with Crippen LogP contribution in [-0.4, -0.2) is 13.4 Å². The van der Waals surface area contributed by atoms with E-state index < -0.39 is 10.0 Å². The molecule has 0 aliphatic rings. The molecular formula is C13H15N3O2S. The molecule has 2 rings (SSSR count). The smallest absolute Gasteiger partial charge is 0.263 e. The van der Waals surface area contributed by atoms with Gasteiger partial charge < -0.3 is 5.73 Å². The number of aryl methyl sites for hydroxylation is 2. The molecule has 1 aromatic heterocycles. The minimum absolute atomic E-state index is 0.0682. The number of sulfonamides is 1. The van der Waals surface area contributed by atoms with E-state index in [0.717, 1.165) is 11.3 Å². The molecule has 19 heavy (non-hydrogen) atoms. The molecule has 0 radical (unpaired) electrons. The lowest BCUT2D eigenvalue weighted by molar-refractivity contribution is 0.601. The summed E-state index contributed by atoms with van der Waals surface area (Å²) >= 11 is 0. The van der Waals surface area contributed by atoms with Crippen molar-refractivity contribution in [3.63, 3.8) is 0 Å². The summed E-state index contributed by atoms with van der Waals surface area (Å²) in [6.07, 6.45) is 1.47. The molecule has 0 unspecified atom stereocenters. The zero-order chi connectivity index (χ0) is 14.0. The van der Waals surface area contributed by atoms with Gasteiger partial charge in [0.1, 0.15) is 4.90 Å². The van der Waals surface area contributed by atoms with Gasteiger partial charge in [0.05, 0.1) is 17.6 Å². The van der Waals surface area contributed by atoms with E-state index in [4.69, 9.17) is 5.73 Å². The highest BCUT2D eigenvalue weighted by Gasteiger charge is 2.17. The summed E-state index contributed by atoms with van der Waals surface area (Å²) in [5, 5.41) is 0. The molecule has 0 saturated heterocycles. The third-order valence-electron chi connectivity index (χ3n) is 2.62. The third kappa shape index (κ3) is 3.03. The van der Waals surface area contributed by atoms with Crippen molar-refractivity contribution in [1.82, 2.24) is 4.98 Å². The summed E-state index contributed by atoms with van der Waals surface area (Å²) in [6, 6.07) is 8.22. The Kier molecular flexibility index (Phi) is 3.44. The number of pyridine rings is 1. The number of nitrogens with two attached hydrogens (primary N) is 1. The topological polar surface area (TPSA) is 85.1 Å². The number of hydrogen-bond donors (Lipinski definition) is 2. The van der Waals surface area contributed by atoms with Gasteiger partial charge in [-0.1, -0.05) is 6.07 Å². The van der Waals surface area contributed by atoms with Crippen LogP contribution in [0, 0.1) is 13.8 Å². The number of benzene rings is 1. The predicted molar refractivity (Wildman–Crippen MR) is 75.4 cm³/mol. The first kappa shape index (κ1) is 13.4.